The van der Waals surface area contributed by atoms with Crippen molar-refractivity contribution in [3.05, 3.63) is 70.8 Å². The maximum Gasteiger partial charge on any atom is 0.315 e. The SMILES string of the molecule is Cc1cccnc1CN(Cc1ncccc1C)CC1CCC(C23C[C@@H]4[C@H](C)CC[C@H]4C4(C=O)CC2C=C(C(C)C)C34C(=O)O)O1. The zero-order chi connectivity index (χ0) is 31.7. The molecule has 4 fully saturated rings. The Balaban J connectivity index is 1.23. The molecule has 9 atom stereocenters. The van der Waals surface area contributed by atoms with Gasteiger partial charge in [0.05, 0.1) is 29.0 Å². The van der Waals surface area contributed by atoms with Crippen molar-refractivity contribution in [1.29, 1.82) is 0 Å². The maximum absolute atomic E-state index is 14.0. The maximum atomic E-state index is 14.0. The Hall–Kier alpha value is -2.90. The van der Waals surface area contributed by atoms with E-state index in [1.54, 1.807) is 0 Å². The van der Waals surface area contributed by atoms with Gasteiger partial charge in [-0.2, -0.15) is 0 Å². The van der Waals surface area contributed by atoms with Gasteiger partial charge in [0.1, 0.15) is 11.7 Å². The van der Waals surface area contributed by atoms with E-state index in [2.05, 4.69) is 57.7 Å². The molecular formula is C38H49N3O4. The van der Waals surface area contributed by atoms with Crippen molar-refractivity contribution in [2.45, 2.75) is 98.4 Å². The number of carboxylic acid groups (broad SMARTS) is 1. The first kappa shape index (κ1) is 30.7. The summed E-state index contributed by atoms with van der Waals surface area (Å²) in [4.78, 5) is 39.2. The first-order valence-electron chi connectivity index (χ1n) is 17.2. The van der Waals surface area contributed by atoms with E-state index in [-0.39, 0.29) is 30.0 Å². The first-order valence-corrected chi connectivity index (χ1v) is 17.2. The molecule has 2 aromatic rings. The average molecular weight is 612 g/mol. The second-order valence-electron chi connectivity index (χ2n) is 15.4. The Morgan fingerprint density at radius 1 is 1.04 bits per heavy atom. The highest BCUT2D eigenvalue weighted by Gasteiger charge is 2.86. The van der Waals surface area contributed by atoms with Gasteiger partial charge in [-0.1, -0.05) is 51.0 Å². The summed E-state index contributed by atoms with van der Waals surface area (Å²) in [6.07, 6.45) is 12.1. The third-order valence-corrected chi connectivity index (χ3v) is 13.1. The predicted molar refractivity (Wildman–Crippen MR) is 172 cm³/mol. The summed E-state index contributed by atoms with van der Waals surface area (Å²) in [6, 6.07) is 8.16. The number of carboxylic acids is 1. The van der Waals surface area contributed by atoms with E-state index < -0.39 is 22.2 Å². The van der Waals surface area contributed by atoms with E-state index in [9.17, 15) is 14.7 Å². The molecule has 3 saturated carbocycles. The summed E-state index contributed by atoms with van der Waals surface area (Å²) in [7, 11) is 0. The minimum atomic E-state index is -1.19. The molecule has 1 saturated heterocycles. The van der Waals surface area contributed by atoms with Crippen LogP contribution in [0.2, 0.25) is 0 Å². The molecule has 1 aliphatic heterocycles. The predicted octanol–water partition coefficient (Wildman–Crippen LogP) is 6.57. The number of pyridine rings is 2. The molecule has 0 aromatic carbocycles. The van der Waals surface area contributed by atoms with Crippen LogP contribution >= 0.6 is 0 Å². The summed E-state index contributed by atoms with van der Waals surface area (Å²) < 4.78 is 7.15. The van der Waals surface area contributed by atoms with Crippen LogP contribution in [0.25, 0.3) is 0 Å². The monoisotopic (exact) mass is 611 g/mol. The second kappa shape index (κ2) is 11.1. The fourth-order valence-corrected chi connectivity index (χ4v) is 11.3. The molecule has 7 heteroatoms. The lowest BCUT2D eigenvalue weighted by atomic mass is 9.41. The molecule has 0 radical (unpaired) electrons. The van der Waals surface area contributed by atoms with Gasteiger partial charge >= 0.3 is 5.97 Å². The van der Waals surface area contributed by atoms with Gasteiger partial charge in [0.15, 0.2) is 0 Å². The van der Waals surface area contributed by atoms with Crippen molar-refractivity contribution in [3.63, 3.8) is 0 Å². The number of nitrogens with zero attached hydrogens (tertiary/aromatic N) is 3. The van der Waals surface area contributed by atoms with Crippen molar-refractivity contribution < 1.29 is 19.4 Å². The number of fused-ring (bicyclic) bond motifs is 2. The van der Waals surface area contributed by atoms with Crippen molar-refractivity contribution >= 4 is 12.3 Å². The quantitative estimate of drug-likeness (QED) is 0.240. The van der Waals surface area contributed by atoms with Gasteiger partial charge in [-0.15, -0.1) is 0 Å². The van der Waals surface area contributed by atoms with Crippen molar-refractivity contribution in [3.8, 4) is 0 Å². The molecular weight excluding hydrogens is 562 g/mol. The highest BCUT2D eigenvalue weighted by molar-refractivity contribution is 5.90. The summed E-state index contributed by atoms with van der Waals surface area (Å²) in [5, 5.41) is 11.4. The highest BCUT2D eigenvalue weighted by atomic mass is 16.5. The van der Waals surface area contributed by atoms with Crippen LogP contribution in [0, 0.1) is 59.7 Å². The number of ether oxygens (including phenoxy) is 1. The third kappa shape index (κ3) is 4.21. The van der Waals surface area contributed by atoms with Crippen LogP contribution in [0.5, 0.6) is 0 Å². The molecule has 45 heavy (non-hydrogen) atoms. The van der Waals surface area contributed by atoms with E-state index >= 15 is 0 Å². The van der Waals surface area contributed by atoms with Crippen LogP contribution in [0.3, 0.4) is 0 Å². The number of aromatic nitrogens is 2. The third-order valence-electron chi connectivity index (χ3n) is 13.1. The highest BCUT2D eigenvalue weighted by Crippen LogP contribution is 2.84. The number of aliphatic carboxylic acids is 1. The Labute approximate surface area is 267 Å². The van der Waals surface area contributed by atoms with Crippen LogP contribution < -0.4 is 0 Å². The molecule has 3 heterocycles. The molecule has 1 N–H and O–H groups in total. The van der Waals surface area contributed by atoms with Gasteiger partial charge < -0.3 is 14.6 Å². The lowest BCUT2D eigenvalue weighted by Crippen LogP contribution is -2.65. The fraction of sp³-hybridized carbons (Fsp3) is 0.632. The van der Waals surface area contributed by atoms with Crippen LogP contribution in [-0.2, 0) is 27.4 Å². The van der Waals surface area contributed by atoms with Crippen LogP contribution in [0.15, 0.2) is 48.3 Å². The zero-order valence-corrected chi connectivity index (χ0v) is 27.5. The summed E-state index contributed by atoms with van der Waals surface area (Å²) in [5.74, 6) is 0.328. The molecule has 4 bridgehead atoms. The smallest absolute Gasteiger partial charge is 0.315 e. The first-order chi connectivity index (χ1) is 21.6. The molecule has 5 aliphatic rings. The lowest BCUT2D eigenvalue weighted by molar-refractivity contribution is -0.197. The topological polar surface area (TPSA) is 92.6 Å². The number of hydrogen-bond donors (Lipinski definition) is 1. The van der Waals surface area contributed by atoms with Gasteiger partial charge in [0, 0.05) is 37.4 Å². The molecule has 7 nitrogen and oxygen atoms in total. The molecule has 4 aliphatic carbocycles. The number of carbonyl (C=O) groups is 2. The Bertz CT molecular complexity index is 1470. The normalized spacial score (nSPS) is 38.2. The number of aryl methyl sites for hydroxylation is 2. The minimum absolute atomic E-state index is 0.0323. The van der Waals surface area contributed by atoms with Gasteiger partial charge in [-0.25, -0.2) is 0 Å². The standard InChI is InChI=1S/C38H49N3O4/c1-23(2)31-16-27-17-36(22-42)30-12-10-24(3)29(30)18-37(27,38(31,36)35(43)44)34-13-11-28(45-34)19-41(20-32-25(4)8-6-14-39-32)21-33-26(5)9-7-15-40-33/h6-9,14-16,22-24,27-30,34H,10-13,17-21H2,1-5H3,(H,43,44)/t24-,27?,28?,29-,30-,34?,36?,37?,38?/m1/s1. The van der Waals surface area contributed by atoms with E-state index in [0.717, 1.165) is 73.0 Å². The average Bonchev–Trinajstić information content (AvgIpc) is 3.75. The molecule has 7 rings (SSSR count). The van der Waals surface area contributed by atoms with E-state index in [1.807, 2.05) is 24.5 Å². The summed E-state index contributed by atoms with van der Waals surface area (Å²) in [6.45, 7) is 12.9. The number of hydrogen-bond acceptors (Lipinski definition) is 6. The van der Waals surface area contributed by atoms with Gasteiger partial charge in [0.2, 0.25) is 0 Å². The van der Waals surface area contributed by atoms with Crippen LogP contribution in [0.4, 0.5) is 0 Å². The van der Waals surface area contributed by atoms with Gasteiger partial charge in [-0.3, -0.25) is 19.7 Å². The molecule has 0 amide bonds. The van der Waals surface area contributed by atoms with E-state index in [1.165, 1.54) is 0 Å². The summed E-state index contributed by atoms with van der Waals surface area (Å²) >= 11 is 0. The number of allylic oxidation sites excluding steroid dienone is 1. The number of rotatable bonds is 10. The lowest BCUT2D eigenvalue weighted by Gasteiger charge is -2.60. The minimum Gasteiger partial charge on any atom is -0.481 e. The van der Waals surface area contributed by atoms with E-state index in [4.69, 9.17) is 14.7 Å². The Morgan fingerprint density at radius 2 is 1.71 bits per heavy atom. The molecule has 240 valence electrons. The zero-order valence-electron chi connectivity index (χ0n) is 27.5. The number of aldehydes is 1. The Morgan fingerprint density at radius 3 is 2.29 bits per heavy atom. The number of carbonyl (C=O) groups excluding carboxylic acids is 1. The second-order valence-corrected chi connectivity index (χ2v) is 15.4. The Kier molecular flexibility index (Phi) is 7.59. The van der Waals surface area contributed by atoms with Crippen molar-refractivity contribution in [2.24, 2.45) is 45.8 Å². The molecule has 0 spiro atoms. The largest absolute Gasteiger partial charge is 0.481 e. The van der Waals surface area contributed by atoms with Crippen LogP contribution in [0.1, 0.15) is 81.8 Å². The van der Waals surface area contributed by atoms with E-state index in [0.29, 0.717) is 31.3 Å². The van der Waals surface area contributed by atoms with Crippen molar-refractivity contribution in [2.75, 3.05) is 6.54 Å². The summed E-state index contributed by atoms with van der Waals surface area (Å²) in [5.41, 5.74) is 2.77. The van der Waals surface area contributed by atoms with Crippen LogP contribution in [-0.4, -0.2) is 51.0 Å². The molecule has 2 aromatic heterocycles. The van der Waals surface area contributed by atoms with Gasteiger partial charge in [-0.05, 0) is 98.8 Å². The molecule has 6 unspecified atom stereocenters. The van der Waals surface area contributed by atoms with Gasteiger partial charge in [0.25, 0.3) is 0 Å². The van der Waals surface area contributed by atoms with Crippen molar-refractivity contribution in [1.82, 2.24) is 14.9 Å². The fourth-order valence-electron chi connectivity index (χ4n) is 11.3.